The fraction of sp³-hybridized carbons (Fsp3) is 0.667. The van der Waals surface area contributed by atoms with Gasteiger partial charge in [-0.3, -0.25) is 9.59 Å². The van der Waals surface area contributed by atoms with E-state index in [9.17, 15) is 24.0 Å². The van der Waals surface area contributed by atoms with E-state index >= 15 is 0 Å². The van der Waals surface area contributed by atoms with Gasteiger partial charge in [0.15, 0.2) is 0 Å². The molecule has 0 fully saturated rings. The number of hydrogen-bond donors (Lipinski definition) is 2. The Morgan fingerprint density at radius 2 is 1.33 bits per heavy atom. The van der Waals surface area contributed by atoms with Crippen LogP contribution in [0.2, 0.25) is 0 Å². The van der Waals surface area contributed by atoms with Crippen molar-refractivity contribution in [2.75, 3.05) is 19.3 Å². The number of rotatable bonds is 10. The van der Waals surface area contributed by atoms with E-state index in [1.165, 1.54) is 0 Å². The lowest BCUT2D eigenvalue weighted by Crippen LogP contribution is -2.43. The highest BCUT2D eigenvalue weighted by Crippen LogP contribution is 2.09. The fourth-order valence-electron chi connectivity index (χ4n) is 1.16. The molecule has 0 saturated heterocycles. The maximum Gasteiger partial charge on any atom is 0.410 e. The maximum absolute atomic E-state index is 11.5. The van der Waals surface area contributed by atoms with Crippen molar-refractivity contribution in [2.24, 2.45) is 11.8 Å². The summed E-state index contributed by atoms with van der Waals surface area (Å²) in [5.41, 5.74) is 0. The van der Waals surface area contributed by atoms with Gasteiger partial charge >= 0.3 is 29.3 Å². The molecule has 0 saturated carbocycles. The van der Waals surface area contributed by atoms with Crippen LogP contribution < -0.4 is 5.32 Å². The Kier molecular flexibility index (Phi) is 11.6. The van der Waals surface area contributed by atoms with Crippen molar-refractivity contribution >= 4 is 41.1 Å². The first-order valence-corrected chi connectivity index (χ1v) is 8.82. The number of hydrogen-bond acceptors (Lipinski definition) is 10. The third-order valence-electron chi connectivity index (χ3n) is 2.67. The Labute approximate surface area is 160 Å². The lowest BCUT2D eigenvalue weighted by molar-refractivity contribution is -0.156. The Morgan fingerprint density at radius 3 is 1.78 bits per heavy atom. The van der Waals surface area contributed by atoms with Crippen LogP contribution >= 0.6 is 11.8 Å². The zero-order valence-electron chi connectivity index (χ0n) is 15.4. The third kappa shape index (κ3) is 11.7. The second kappa shape index (κ2) is 12.8. The van der Waals surface area contributed by atoms with Crippen LogP contribution in [-0.4, -0.2) is 59.8 Å². The Hall–Kier alpha value is -2.50. The Bertz CT molecular complexity index is 549. The summed E-state index contributed by atoms with van der Waals surface area (Å²) in [6, 6.07) is -1.46. The SMILES string of the molecule is CC(C)C(=O)OCOC(=O)N[C@H](CSC(=O)OCOC(=O)C(C)C)C(=O)O. The molecule has 11 nitrogen and oxygen atoms in total. The molecule has 0 spiro atoms. The van der Waals surface area contributed by atoms with Crippen LogP contribution in [0.5, 0.6) is 0 Å². The zero-order valence-corrected chi connectivity index (χ0v) is 16.2. The number of carbonyl (C=O) groups excluding carboxylic acids is 4. The summed E-state index contributed by atoms with van der Waals surface area (Å²) < 4.78 is 18.4. The molecule has 0 aromatic carbocycles. The van der Waals surface area contributed by atoms with E-state index in [0.717, 1.165) is 0 Å². The van der Waals surface area contributed by atoms with Crippen molar-refractivity contribution < 1.29 is 48.0 Å². The van der Waals surface area contributed by atoms with Gasteiger partial charge in [-0.25, -0.2) is 14.4 Å². The van der Waals surface area contributed by atoms with Gasteiger partial charge in [-0.2, -0.15) is 0 Å². The summed E-state index contributed by atoms with van der Waals surface area (Å²) >= 11 is 0.459. The van der Waals surface area contributed by atoms with Crippen molar-refractivity contribution in [1.82, 2.24) is 5.32 Å². The molecule has 1 amide bonds. The van der Waals surface area contributed by atoms with Crippen LogP contribution in [0.25, 0.3) is 0 Å². The number of amides is 1. The van der Waals surface area contributed by atoms with Crippen molar-refractivity contribution in [1.29, 1.82) is 0 Å². The second-order valence-corrected chi connectivity index (χ2v) is 6.60. The summed E-state index contributed by atoms with van der Waals surface area (Å²) in [7, 11) is 0. The van der Waals surface area contributed by atoms with Crippen molar-refractivity contribution in [3.05, 3.63) is 0 Å². The lowest BCUT2D eigenvalue weighted by Gasteiger charge is -2.14. The monoisotopic (exact) mass is 409 g/mol. The molecule has 0 aromatic rings. The van der Waals surface area contributed by atoms with Crippen molar-refractivity contribution in [3.63, 3.8) is 0 Å². The number of alkyl carbamates (subject to hydrolysis) is 1. The maximum atomic E-state index is 11.5. The number of nitrogens with one attached hydrogen (secondary N) is 1. The normalized spacial score (nSPS) is 11.5. The van der Waals surface area contributed by atoms with Gasteiger partial charge in [0.1, 0.15) is 6.04 Å². The predicted octanol–water partition coefficient (Wildman–Crippen LogP) is 1.35. The molecule has 12 heteroatoms. The number of esters is 2. The van der Waals surface area contributed by atoms with E-state index in [0.29, 0.717) is 11.8 Å². The highest BCUT2D eigenvalue weighted by Gasteiger charge is 2.23. The minimum atomic E-state index is -1.46. The average molecular weight is 409 g/mol. The molecule has 0 bridgehead atoms. The van der Waals surface area contributed by atoms with Crippen LogP contribution in [0, 0.1) is 11.8 Å². The number of carbonyl (C=O) groups is 5. The molecule has 1 atom stereocenters. The second-order valence-electron chi connectivity index (χ2n) is 5.64. The molecule has 0 heterocycles. The van der Waals surface area contributed by atoms with Crippen LogP contribution in [-0.2, 0) is 33.3 Å². The zero-order chi connectivity index (χ0) is 21.0. The van der Waals surface area contributed by atoms with Gasteiger partial charge < -0.3 is 29.4 Å². The highest BCUT2D eigenvalue weighted by molar-refractivity contribution is 8.13. The van der Waals surface area contributed by atoms with Gasteiger partial charge in [-0.05, 0) is 11.8 Å². The van der Waals surface area contributed by atoms with Gasteiger partial charge in [0.2, 0.25) is 13.6 Å². The fourth-order valence-corrected chi connectivity index (χ4v) is 1.82. The van der Waals surface area contributed by atoms with Gasteiger partial charge in [0.05, 0.1) is 11.8 Å². The summed E-state index contributed by atoms with van der Waals surface area (Å²) in [5.74, 6) is -3.73. The standard InChI is InChI=1S/C15H23NO10S/c1-8(2)12(19)23-6-25-14(21)16-10(11(17)18)5-27-15(22)26-7-24-13(20)9(3)4/h8-10H,5-7H2,1-4H3,(H,16,21)(H,17,18)/t10-/m1/s1. The predicted molar refractivity (Wildman–Crippen MR) is 91.6 cm³/mol. The smallest absolute Gasteiger partial charge is 0.410 e. The molecule has 154 valence electrons. The first-order valence-electron chi connectivity index (χ1n) is 7.83. The van der Waals surface area contributed by atoms with E-state index < -0.39 is 54.8 Å². The quantitative estimate of drug-likeness (QED) is 0.397. The minimum absolute atomic E-state index is 0.368. The van der Waals surface area contributed by atoms with Crippen molar-refractivity contribution in [3.8, 4) is 0 Å². The average Bonchev–Trinajstić information content (AvgIpc) is 2.57. The van der Waals surface area contributed by atoms with E-state index in [2.05, 4.69) is 18.9 Å². The van der Waals surface area contributed by atoms with Crippen LogP contribution in [0.15, 0.2) is 0 Å². The molecule has 0 unspecified atom stereocenters. The summed E-state index contributed by atoms with van der Waals surface area (Å²) in [5, 5.41) is 10.1. The molecule has 0 aliphatic rings. The number of ether oxygens (including phenoxy) is 4. The first-order chi connectivity index (χ1) is 12.5. The highest BCUT2D eigenvalue weighted by atomic mass is 32.2. The van der Waals surface area contributed by atoms with Gasteiger partial charge in [-0.1, -0.05) is 27.7 Å². The molecular weight excluding hydrogens is 386 g/mol. The first kappa shape index (κ1) is 24.5. The largest absolute Gasteiger partial charge is 0.480 e. The molecule has 0 aromatic heterocycles. The molecule has 2 N–H and O–H groups in total. The molecule has 0 rings (SSSR count). The van der Waals surface area contributed by atoms with Crippen molar-refractivity contribution in [2.45, 2.75) is 33.7 Å². The van der Waals surface area contributed by atoms with E-state index in [1.807, 2.05) is 5.32 Å². The summed E-state index contributed by atoms with van der Waals surface area (Å²) in [6.07, 6.45) is -1.14. The number of carboxylic acid groups (broad SMARTS) is 1. The summed E-state index contributed by atoms with van der Waals surface area (Å²) in [4.78, 5) is 56.4. The molecular formula is C15H23NO10S. The van der Waals surface area contributed by atoms with Crippen LogP contribution in [0.4, 0.5) is 9.59 Å². The number of thioether (sulfide) groups is 1. The van der Waals surface area contributed by atoms with Gasteiger partial charge in [-0.15, -0.1) is 0 Å². The van der Waals surface area contributed by atoms with E-state index in [-0.39, 0.29) is 11.7 Å². The van der Waals surface area contributed by atoms with Gasteiger partial charge in [0, 0.05) is 5.75 Å². The Balaban J connectivity index is 4.20. The van der Waals surface area contributed by atoms with E-state index in [1.54, 1.807) is 27.7 Å². The molecule has 0 aliphatic heterocycles. The van der Waals surface area contributed by atoms with Crippen LogP contribution in [0.3, 0.4) is 0 Å². The topological polar surface area (TPSA) is 155 Å². The lowest BCUT2D eigenvalue weighted by atomic mass is 10.2. The number of carboxylic acids is 1. The van der Waals surface area contributed by atoms with E-state index in [4.69, 9.17) is 5.11 Å². The third-order valence-corrected chi connectivity index (χ3v) is 3.52. The minimum Gasteiger partial charge on any atom is -0.480 e. The van der Waals surface area contributed by atoms with Crippen LogP contribution in [0.1, 0.15) is 27.7 Å². The van der Waals surface area contributed by atoms with Gasteiger partial charge in [0.25, 0.3) is 0 Å². The number of aliphatic carboxylic acids is 1. The summed E-state index contributed by atoms with van der Waals surface area (Å²) in [6.45, 7) is 5.10. The Morgan fingerprint density at radius 1 is 0.852 bits per heavy atom. The molecule has 27 heavy (non-hydrogen) atoms. The molecule has 0 aliphatic carbocycles. The molecule has 0 radical (unpaired) electrons.